The SMILES string of the molecule is COCCNC(=O)c1cc(NC(=O)C2CCC2)ccc1N(C)C. The lowest BCUT2D eigenvalue weighted by Crippen LogP contribution is -2.30. The minimum absolute atomic E-state index is 0.0413. The number of carbonyl (C=O) groups excluding carboxylic acids is 2. The zero-order valence-electron chi connectivity index (χ0n) is 14.0. The first-order chi connectivity index (χ1) is 11.0. The molecule has 6 heteroatoms. The molecule has 0 atom stereocenters. The molecular formula is C17H25N3O3. The minimum atomic E-state index is -0.175. The van der Waals surface area contributed by atoms with Gasteiger partial charge in [0.25, 0.3) is 5.91 Å². The second-order valence-electron chi connectivity index (χ2n) is 5.99. The number of benzene rings is 1. The molecule has 1 aromatic rings. The van der Waals surface area contributed by atoms with Crippen molar-refractivity contribution in [1.29, 1.82) is 0 Å². The van der Waals surface area contributed by atoms with Gasteiger partial charge in [-0.25, -0.2) is 0 Å². The zero-order valence-corrected chi connectivity index (χ0v) is 14.0. The van der Waals surface area contributed by atoms with Gasteiger partial charge >= 0.3 is 0 Å². The molecule has 23 heavy (non-hydrogen) atoms. The van der Waals surface area contributed by atoms with Gasteiger partial charge in [0.2, 0.25) is 5.91 Å². The molecule has 0 spiro atoms. The number of rotatable bonds is 7. The van der Waals surface area contributed by atoms with Crippen molar-refractivity contribution in [3.8, 4) is 0 Å². The number of amides is 2. The van der Waals surface area contributed by atoms with Gasteiger partial charge in [0.1, 0.15) is 0 Å². The number of nitrogens with zero attached hydrogens (tertiary/aromatic N) is 1. The van der Waals surface area contributed by atoms with Crippen LogP contribution >= 0.6 is 0 Å². The summed E-state index contributed by atoms with van der Waals surface area (Å²) in [6.45, 7) is 0.905. The maximum atomic E-state index is 12.4. The third-order valence-corrected chi connectivity index (χ3v) is 4.06. The van der Waals surface area contributed by atoms with Crippen molar-refractivity contribution in [3.63, 3.8) is 0 Å². The first-order valence-corrected chi connectivity index (χ1v) is 7.92. The maximum Gasteiger partial charge on any atom is 0.253 e. The smallest absolute Gasteiger partial charge is 0.253 e. The van der Waals surface area contributed by atoms with E-state index in [9.17, 15) is 9.59 Å². The molecule has 6 nitrogen and oxygen atoms in total. The number of nitrogens with one attached hydrogen (secondary N) is 2. The summed E-state index contributed by atoms with van der Waals surface area (Å²) in [5, 5.41) is 5.73. The van der Waals surface area contributed by atoms with Crippen molar-refractivity contribution in [2.24, 2.45) is 5.92 Å². The Morgan fingerprint density at radius 1 is 1.30 bits per heavy atom. The lowest BCUT2D eigenvalue weighted by atomic mass is 9.85. The highest BCUT2D eigenvalue weighted by atomic mass is 16.5. The molecule has 0 saturated heterocycles. The van der Waals surface area contributed by atoms with E-state index in [2.05, 4.69) is 10.6 Å². The van der Waals surface area contributed by atoms with Crippen LogP contribution < -0.4 is 15.5 Å². The van der Waals surface area contributed by atoms with E-state index in [4.69, 9.17) is 4.74 Å². The van der Waals surface area contributed by atoms with Crippen molar-refractivity contribution >= 4 is 23.2 Å². The van der Waals surface area contributed by atoms with E-state index in [-0.39, 0.29) is 17.7 Å². The minimum Gasteiger partial charge on any atom is -0.383 e. The summed E-state index contributed by atoms with van der Waals surface area (Å²) in [6.07, 6.45) is 3.02. The van der Waals surface area contributed by atoms with E-state index in [0.29, 0.717) is 24.4 Å². The van der Waals surface area contributed by atoms with Gasteiger partial charge in [-0.3, -0.25) is 9.59 Å². The Hall–Kier alpha value is -2.08. The lowest BCUT2D eigenvalue weighted by molar-refractivity contribution is -0.122. The van der Waals surface area contributed by atoms with Gasteiger partial charge in [0.15, 0.2) is 0 Å². The van der Waals surface area contributed by atoms with Crippen LogP contribution in [-0.2, 0) is 9.53 Å². The summed E-state index contributed by atoms with van der Waals surface area (Å²) in [7, 11) is 5.36. The van der Waals surface area contributed by atoms with Crippen LogP contribution in [0, 0.1) is 5.92 Å². The molecule has 2 N–H and O–H groups in total. The fourth-order valence-electron chi connectivity index (χ4n) is 2.46. The summed E-state index contributed by atoms with van der Waals surface area (Å²) < 4.78 is 4.95. The molecule has 0 aromatic heterocycles. The average Bonchev–Trinajstić information content (AvgIpc) is 2.45. The molecule has 1 aliphatic carbocycles. The number of anilines is 2. The second kappa shape index (κ2) is 7.97. The van der Waals surface area contributed by atoms with Gasteiger partial charge in [-0.15, -0.1) is 0 Å². The predicted molar refractivity (Wildman–Crippen MR) is 90.9 cm³/mol. The van der Waals surface area contributed by atoms with Crippen molar-refractivity contribution < 1.29 is 14.3 Å². The van der Waals surface area contributed by atoms with Gasteiger partial charge in [-0.2, -0.15) is 0 Å². The number of methoxy groups -OCH3 is 1. The second-order valence-corrected chi connectivity index (χ2v) is 5.99. The third kappa shape index (κ3) is 4.45. The van der Waals surface area contributed by atoms with Crippen LogP contribution in [0.5, 0.6) is 0 Å². The van der Waals surface area contributed by atoms with Crippen molar-refractivity contribution in [2.45, 2.75) is 19.3 Å². The monoisotopic (exact) mass is 319 g/mol. The van der Waals surface area contributed by atoms with Crippen LogP contribution in [0.2, 0.25) is 0 Å². The zero-order chi connectivity index (χ0) is 16.8. The highest BCUT2D eigenvalue weighted by molar-refractivity contribution is 6.02. The molecule has 0 aliphatic heterocycles. The summed E-state index contributed by atoms with van der Waals surface area (Å²) in [4.78, 5) is 26.3. The molecule has 1 saturated carbocycles. The normalized spacial score (nSPS) is 14.0. The van der Waals surface area contributed by atoms with Crippen LogP contribution in [0.4, 0.5) is 11.4 Å². The first kappa shape index (κ1) is 17.3. The van der Waals surface area contributed by atoms with Crippen molar-refractivity contribution in [3.05, 3.63) is 23.8 Å². The van der Waals surface area contributed by atoms with Gasteiger partial charge in [-0.1, -0.05) is 6.42 Å². The Labute approximate surface area is 137 Å². The third-order valence-electron chi connectivity index (χ3n) is 4.06. The van der Waals surface area contributed by atoms with Gasteiger partial charge in [0, 0.05) is 45.0 Å². The summed E-state index contributed by atoms with van der Waals surface area (Å²) >= 11 is 0. The summed E-state index contributed by atoms with van der Waals surface area (Å²) in [5.74, 6) is -0.0207. The molecule has 0 heterocycles. The molecule has 2 rings (SSSR count). The van der Waals surface area contributed by atoms with Crippen LogP contribution in [0.3, 0.4) is 0 Å². The van der Waals surface area contributed by atoms with E-state index in [0.717, 1.165) is 24.9 Å². The van der Waals surface area contributed by atoms with E-state index >= 15 is 0 Å². The summed E-state index contributed by atoms with van der Waals surface area (Å²) in [6, 6.07) is 5.41. The topological polar surface area (TPSA) is 70.7 Å². The summed E-state index contributed by atoms with van der Waals surface area (Å²) in [5.41, 5.74) is 2.00. The predicted octanol–water partition coefficient (Wildman–Crippen LogP) is 1.87. The first-order valence-electron chi connectivity index (χ1n) is 7.92. The van der Waals surface area contributed by atoms with Crippen LogP contribution in [0.15, 0.2) is 18.2 Å². The molecule has 0 unspecified atom stereocenters. The van der Waals surface area contributed by atoms with E-state index in [1.807, 2.05) is 31.1 Å². The Morgan fingerprint density at radius 3 is 2.61 bits per heavy atom. The van der Waals surface area contributed by atoms with Gasteiger partial charge < -0.3 is 20.3 Å². The molecule has 126 valence electrons. The quantitative estimate of drug-likeness (QED) is 0.753. The highest BCUT2D eigenvalue weighted by Gasteiger charge is 2.25. The maximum absolute atomic E-state index is 12.4. The van der Waals surface area contributed by atoms with E-state index in [1.54, 1.807) is 13.2 Å². The number of ether oxygens (including phenoxy) is 1. The fourth-order valence-corrected chi connectivity index (χ4v) is 2.46. The van der Waals surface area contributed by atoms with Gasteiger partial charge in [0.05, 0.1) is 12.2 Å². The van der Waals surface area contributed by atoms with Crippen LogP contribution in [0.25, 0.3) is 0 Å². The Morgan fingerprint density at radius 2 is 2.04 bits per heavy atom. The average molecular weight is 319 g/mol. The van der Waals surface area contributed by atoms with Crippen molar-refractivity contribution in [2.75, 3.05) is 44.6 Å². The molecule has 0 bridgehead atoms. The highest BCUT2D eigenvalue weighted by Crippen LogP contribution is 2.29. The standard InChI is InChI=1S/C17H25N3O3/c1-20(2)15-8-7-13(19-16(21)12-5-4-6-12)11-14(15)17(22)18-9-10-23-3/h7-8,11-12H,4-6,9-10H2,1-3H3,(H,18,22)(H,19,21). The molecule has 0 radical (unpaired) electrons. The molecule has 1 fully saturated rings. The number of hydrogen-bond donors (Lipinski definition) is 2. The molecular weight excluding hydrogens is 294 g/mol. The fraction of sp³-hybridized carbons (Fsp3) is 0.529. The molecule has 1 aliphatic rings. The van der Waals surface area contributed by atoms with Gasteiger partial charge in [-0.05, 0) is 31.0 Å². The Bertz CT molecular complexity index is 568. The van der Waals surface area contributed by atoms with Crippen molar-refractivity contribution in [1.82, 2.24) is 5.32 Å². The van der Waals surface area contributed by atoms with E-state index in [1.165, 1.54) is 0 Å². The number of carbonyl (C=O) groups is 2. The number of hydrogen-bond acceptors (Lipinski definition) is 4. The largest absolute Gasteiger partial charge is 0.383 e. The van der Waals surface area contributed by atoms with Crippen LogP contribution in [0.1, 0.15) is 29.6 Å². The van der Waals surface area contributed by atoms with Crippen LogP contribution in [-0.4, -0.2) is 46.2 Å². The molecule has 1 aromatic carbocycles. The lowest BCUT2D eigenvalue weighted by Gasteiger charge is -2.24. The van der Waals surface area contributed by atoms with E-state index < -0.39 is 0 Å². The Kier molecular flexibility index (Phi) is 5.98. The molecule has 2 amide bonds. The Balaban J connectivity index is 2.13.